The zero-order chi connectivity index (χ0) is 45.3. The number of benzene rings is 3. The minimum atomic E-state index is -0.791. The first-order chi connectivity index (χ1) is 30.8. The minimum Gasteiger partial charge on any atom is -0.453 e. The van der Waals surface area contributed by atoms with Crippen molar-refractivity contribution in [1.82, 2.24) is 35.7 Å². The molecule has 336 valence electrons. The highest BCUT2D eigenvalue weighted by Crippen LogP contribution is 2.58. The molecule has 64 heavy (non-hydrogen) atoms. The van der Waals surface area contributed by atoms with Gasteiger partial charge in [-0.3, -0.25) is 14.6 Å². The number of nitrogens with zero attached hydrogens (tertiary/aromatic N) is 4. The van der Waals surface area contributed by atoms with Gasteiger partial charge in [-0.25, -0.2) is 14.6 Å². The SMILES string of the molecule is C#C[C@@H](C1=NCC(c2ccc3cc(-c4ccc(-c5cnc([C@@H]6CC7(CC7)CN6C(=O)[C@@H](NC(=O)OC)C(C)C)[nH]5)cc4)ccc3c2)N1)N(C(=O)[C@@H](NC(=O)OC)C(C)C)C1CCCC1. The average Bonchev–Trinajstić information content (AvgIpc) is 3.87. The van der Waals surface area contributed by atoms with Gasteiger partial charge in [-0.05, 0) is 94.5 Å². The van der Waals surface area contributed by atoms with Crippen LogP contribution in [0.15, 0.2) is 71.9 Å². The summed E-state index contributed by atoms with van der Waals surface area (Å²) >= 11 is 0. The molecule has 5 atom stereocenters. The number of H-pyrrole nitrogens is 1. The number of carbonyl (C=O) groups excluding carboxylic acids is 4. The number of hydrogen-bond acceptors (Lipinski definition) is 9. The number of aromatic nitrogens is 2. The van der Waals surface area contributed by atoms with Crippen molar-refractivity contribution in [2.24, 2.45) is 22.2 Å². The number of hydrogen-bond donors (Lipinski definition) is 4. The number of ether oxygens (including phenoxy) is 2. The molecule has 0 bridgehead atoms. The number of fused-ring (bicyclic) bond motifs is 1. The summed E-state index contributed by atoms with van der Waals surface area (Å²) in [6, 6.07) is 18.7. The summed E-state index contributed by atoms with van der Waals surface area (Å²) in [6.07, 6.45) is 13.5. The van der Waals surface area contributed by atoms with Crippen molar-refractivity contribution in [3.05, 3.63) is 78.2 Å². The first kappa shape index (κ1) is 44.3. The lowest BCUT2D eigenvalue weighted by molar-refractivity contribution is -0.137. The highest BCUT2D eigenvalue weighted by molar-refractivity contribution is 5.97. The lowest BCUT2D eigenvalue weighted by atomic mass is 9.97. The molecule has 2 aliphatic carbocycles. The number of amidine groups is 1. The number of amides is 4. The zero-order valence-electron chi connectivity index (χ0n) is 37.6. The van der Waals surface area contributed by atoms with Crippen molar-refractivity contribution >= 4 is 40.6 Å². The number of nitrogens with one attached hydrogen (secondary N) is 4. The number of aliphatic imine (C=N–C) groups is 1. The second kappa shape index (κ2) is 18.4. The zero-order valence-corrected chi connectivity index (χ0v) is 37.6. The third-order valence-corrected chi connectivity index (χ3v) is 13.7. The van der Waals surface area contributed by atoms with E-state index in [0.29, 0.717) is 18.9 Å². The third kappa shape index (κ3) is 9.03. The van der Waals surface area contributed by atoms with Crippen molar-refractivity contribution in [2.45, 2.75) is 109 Å². The van der Waals surface area contributed by atoms with Gasteiger partial charge in [-0.1, -0.05) is 95.0 Å². The summed E-state index contributed by atoms with van der Waals surface area (Å²) in [7, 11) is 2.59. The van der Waals surface area contributed by atoms with Gasteiger partial charge in [-0.15, -0.1) is 6.42 Å². The molecule has 4 aromatic rings. The number of carbonyl (C=O) groups is 4. The molecule has 2 saturated carbocycles. The molecule has 0 radical (unpaired) electrons. The van der Waals surface area contributed by atoms with Crippen molar-refractivity contribution in [2.75, 3.05) is 27.3 Å². The van der Waals surface area contributed by atoms with Gasteiger partial charge >= 0.3 is 12.2 Å². The quantitative estimate of drug-likeness (QED) is 0.100. The lowest BCUT2D eigenvalue weighted by Crippen LogP contribution is -2.59. The van der Waals surface area contributed by atoms with E-state index in [4.69, 9.17) is 25.9 Å². The molecule has 1 saturated heterocycles. The molecule has 4 aliphatic rings. The summed E-state index contributed by atoms with van der Waals surface area (Å²) in [5.41, 5.74) is 5.22. The van der Waals surface area contributed by atoms with Crippen LogP contribution in [0.25, 0.3) is 33.2 Å². The molecule has 4 N–H and O–H groups in total. The van der Waals surface area contributed by atoms with Crippen molar-refractivity contribution in [1.29, 1.82) is 0 Å². The van der Waals surface area contributed by atoms with Gasteiger partial charge in [0.25, 0.3) is 0 Å². The van der Waals surface area contributed by atoms with Crippen molar-refractivity contribution < 1.29 is 28.7 Å². The lowest BCUT2D eigenvalue weighted by Gasteiger charge is -2.37. The molecule has 4 amide bonds. The fourth-order valence-corrected chi connectivity index (χ4v) is 9.77. The van der Waals surface area contributed by atoms with Crippen LogP contribution in [0.4, 0.5) is 9.59 Å². The summed E-state index contributed by atoms with van der Waals surface area (Å²) < 4.78 is 9.66. The van der Waals surface area contributed by atoms with E-state index in [2.05, 4.69) is 87.5 Å². The Morgan fingerprint density at radius 2 is 1.48 bits per heavy atom. The highest BCUT2D eigenvalue weighted by Gasteiger charge is 2.55. The first-order valence-corrected chi connectivity index (χ1v) is 22.6. The van der Waals surface area contributed by atoms with E-state index >= 15 is 0 Å². The highest BCUT2D eigenvalue weighted by atomic mass is 16.5. The first-order valence-electron chi connectivity index (χ1n) is 22.6. The fraction of sp³-hybridized carbons (Fsp3) is 0.480. The maximum atomic E-state index is 14.2. The maximum absolute atomic E-state index is 14.2. The molecule has 8 rings (SSSR count). The standard InChI is InChI=1S/C50H60N8O6/c1-8-40(58(37-11-9-10-12-37)47(60)43(30(4)5)56-49(62)64-7)44-51-27-39(54-44)36-20-19-34-23-33(17-18-35(34)24-36)31-13-15-32(16-14-31)38-26-52-45(53-38)41-25-50(21-22-50)28-57(41)46(59)42(29(2)3)55-48(61)63-6/h1,13-20,23-24,26,29-30,37,39-43H,9-12,21-22,25,27-28H2,2-7H3,(H,51,54)(H,52,53)(H,55,61)(H,56,62)/t39?,40-,41-,42-,43-/m0/s1. The Labute approximate surface area is 375 Å². The van der Waals surface area contributed by atoms with Gasteiger partial charge in [0.2, 0.25) is 11.8 Å². The fourth-order valence-electron chi connectivity index (χ4n) is 9.77. The van der Waals surface area contributed by atoms with Crippen LogP contribution < -0.4 is 16.0 Å². The van der Waals surface area contributed by atoms with Gasteiger partial charge in [-0.2, -0.15) is 0 Å². The second-order valence-electron chi connectivity index (χ2n) is 18.7. The summed E-state index contributed by atoms with van der Waals surface area (Å²) in [5.74, 6) is 3.58. The Morgan fingerprint density at radius 3 is 2.12 bits per heavy atom. The number of alkyl carbamates (subject to hydrolysis) is 2. The topological polar surface area (TPSA) is 170 Å². The minimum absolute atomic E-state index is 0.0495. The molecule has 1 aromatic heterocycles. The van der Waals surface area contributed by atoms with Gasteiger partial charge < -0.3 is 40.2 Å². The summed E-state index contributed by atoms with van der Waals surface area (Å²) in [4.78, 5) is 69.3. The predicted octanol–water partition coefficient (Wildman–Crippen LogP) is 7.53. The van der Waals surface area contributed by atoms with E-state index in [-0.39, 0.29) is 47.2 Å². The van der Waals surface area contributed by atoms with Crippen molar-refractivity contribution in [3.63, 3.8) is 0 Å². The molecular formula is C50H60N8O6. The molecular weight excluding hydrogens is 809 g/mol. The van der Waals surface area contributed by atoms with Crippen LogP contribution >= 0.6 is 0 Å². The van der Waals surface area contributed by atoms with Crippen LogP contribution in [-0.4, -0.2) is 101 Å². The van der Waals surface area contributed by atoms with Gasteiger partial charge in [0.05, 0.1) is 44.7 Å². The molecule has 3 heterocycles. The Morgan fingerprint density at radius 1 is 0.859 bits per heavy atom. The molecule has 3 fully saturated rings. The van der Waals surface area contributed by atoms with E-state index in [1.165, 1.54) is 14.2 Å². The van der Waals surface area contributed by atoms with Crippen LogP contribution in [0.3, 0.4) is 0 Å². The van der Waals surface area contributed by atoms with Crippen molar-refractivity contribution in [3.8, 4) is 34.7 Å². The van der Waals surface area contributed by atoms with E-state index in [0.717, 1.165) is 89.5 Å². The number of likely N-dealkylation sites (tertiary alicyclic amines) is 1. The predicted molar refractivity (Wildman–Crippen MR) is 246 cm³/mol. The average molecular weight is 869 g/mol. The Hall–Kier alpha value is -6.36. The third-order valence-electron chi connectivity index (χ3n) is 13.7. The van der Waals surface area contributed by atoms with Crippen LogP contribution in [-0.2, 0) is 19.1 Å². The summed E-state index contributed by atoms with van der Waals surface area (Å²) in [5, 5.41) is 11.2. The van der Waals surface area contributed by atoms with Crippen LogP contribution in [0, 0.1) is 29.6 Å². The van der Waals surface area contributed by atoms with E-state index in [9.17, 15) is 19.2 Å². The van der Waals surface area contributed by atoms with Gasteiger partial charge in [0.15, 0.2) is 6.04 Å². The number of imidazole rings is 1. The van der Waals surface area contributed by atoms with Gasteiger partial charge in [0.1, 0.15) is 23.7 Å². The Balaban J connectivity index is 0.943. The second-order valence-corrected chi connectivity index (χ2v) is 18.7. The monoisotopic (exact) mass is 868 g/mol. The van der Waals surface area contributed by atoms with E-state index in [1.54, 1.807) is 4.90 Å². The summed E-state index contributed by atoms with van der Waals surface area (Å²) in [6.45, 7) is 8.77. The molecule has 1 unspecified atom stereocenters. The number of terminal acetylenes is 1. The van der Waals surface area contributed by atoms with Crippen LogP contribution in [0.2, 0.25) is 0 Å². The number of methoxy groups -OCH3 is 2. The normalized spacial score (nSPS) is 20.4. The molecule has 14 heteroatoms. The smallest absolute Gasteiger partial charge is 0.407 e. The molecule has 2 aliphatic heterocycles. The van der Waals surface area contributed by atoms with Crippen LogP contribution in [0.5, 0.6) is 0 Å². The van der Waals surface area contributed by atoms with E-state index < -0.39 is 30.3 Å². The molecule has 3 aromatic carbocycles. The maximum Gasteiger partial charge on any atom is 0.407 e. The molecule has 14 nitrogen and oxygen atoms in total. The van der Waals surface area contributed by atoms with E-state index in [1.807, 2.05) is 38.8 Å². The molecule has 1 spiro atoms. The number of rotatable bonds is 13. The number of aromatic amines is 1. The van der Waals surface area contributed by atoms with Crippen LogP contribution in [0.1, 0.15) is 96.1 Å². The van der Waals surface area contributed by atoms with Gasteiger partial charge in [0, 0.05) is 12.6 Å². The largest absolute Gasteiger partial charge is 0.453 e. The Bertz CT molecular complexity index is 2460. The Kier molecular flexibility index (Phi) is 12.7.